The second-order valence-electron chi connectivity index (χ2n) is 13.4. The number of likely N-dealkylation sites (tertiary alicyclic amines) is 1. The Morgan fingerprint density at radius 2 is 1.85 bits per heavy atom. The molecule has 0 saturated carbocycles. The number of anilines is 3. The van der Waals surface area contributed by atoms with Crippen LogP contribution in [0.5, 0.6) is 5.75 Å². The summed E-state index contributed by atoms with van der Waals surface area (Å²) in [6, 6.07) is 9.86. The molecule has 0 radical (unpaired) electrons. The van der Waals surface area contributed by atoms with Crippen LogP contribution >= 0.6 is 0 Å². The van der Waals surface area contributed by atoms with Gasteiger partial charge in [-0.1, -0.05) is 0 Å². The summed E-state index contributed by atoms with van der Waals surface area (Å²) in [6.07, 6.45) is 8.50. The Bertz CT molecular complexity index is 2170. The molecule has 6 heterocycles. The number of carbonyl (C=O) groups is 5. The SMILES string of the molecule is COc1cc(N)c(C=NC2CCN(C3CN(c4ccc5c(c4)C(=O)N(C4CCC(=O)NC4=O)C5=O)C3)CC2)cc1NC(=O)c1cnn2cccnc12. The highest BCUT2D eigenvalue weighted by Crippen LogP contribution is 2.34. The Labute approximate surface area is 297 Å². The fraction of sp³-hybridized carbons (Fsp3) is 0.333. The number of fused-ring (bicyclic) bond motifs is 2. The van der Waals surface area contributed by atoms with Gasteiger partial charge >= 0.3 is 0 Å². The summed E-state index contributed by atoms with van der Waals surface area (Å²) in [6.45, 7) is 3.33. The molecule has 3 fully saturated rings. The van der Waals surface area contributed by atoms with Gasteiger partial charge in [0, 0.05) is 80.3 Å². The van der Waals surface area contributed by atoms with Crippen LogP contribution in [0.4, 0.5) is 17.1 Å². The van der Waals surface area contributed by atoms with Gasteiger partial charge < -0.3 is 20.7 Å². The number of imide groups is 2. The number of piperidine rings is 2. The van der Waals surface area contributed by atoms with Gasteiger partial charge in [-0.2, -0.15) is 5.10 Å². The van der Waals surface area contributed by atoms with Gasteiger partial charge in [0.05, 0.1) is 36.2 Å². The number of aliphatic imine (C=N–C) groups is 1. The van der Waals surface area contributed by atoms with Crippen LogP contribution in [-0.4, -0.2) is 112 Å². The zero-order valence-electron chi connectivity index (χ0n) is 28.3. The number of carbonyl (C=O) groups excluding carboxylic acids is 5. The van der Waals surface area contributed by atoms with Gasteiger partial charge in [-0.25, -0.2) is 9.50 Å². The molecule has 5 amide bonds. The first kappa shape index (κ1) is 33.0. The summed E-state index contributed by atoms with van der Waals surface area (Å²) in [5.41, 5.74) is 10.1. The zero-order chi connectivity index (χ0) is 36.1. The van der Waals surface area contributed by atoms with E-state index in [9.17, 15) is 24.0 Å². The third-order valence-corrected chi connectivity index (χ3v) is 10.3. The standard InChI is InChI=1S/C36H36N10O6/c1-52-30-15-27(37)20(13-28(30)41-33(48)26-17-40-45-10-2-9-38-32(26)45)16-39-21-7-11-43(12-8-21)23-18-44(19-23)22-3-4-24-25(14-22)36(51)46(35(24)50)29-5-6-31(47)42-34(29)49/h2-4,9-10,13-17,21,23,29H,5-8,11-12,18-19,37H2,1H3,(H,41,48)(H,42,47,49). The molecule has 3 saturated heterocycles. The topological polar surface area (TPSA) is 197 Å². The van der Waals surface area contributed by atoms with Crippen molar-refractivity contribution < 1.29 is 28.7 Å². The fourth-order valence-electron chi connectivity index (χ4n) is 7.31. The Hall–Kier alpha value is -6.16. The Morgan fingerprint density at radius 3 is 2.62 bits per heavy atom. The number of aromatic nitrogens is 3. The van der Waals surface area contributed by atoms with E-state index in [1.807, 2.05) is 6.07 Å². The van der Waals surface area contributed by atoms with E-state index in [4.69, 9.17) is 15.5 Å². The minimum absolute atomic E-state index is 0.0809. The van der Waals surface area contributed by atoms with Crippen molar-refractivity contribution in [3.8, 4) is 5.75 Å². The van der Waals surface area contributed by atoms with E-state index >= 15 is 0 Å². The van der Waals surface area contributed by atoms with Gasteiger partial charge in [0.25, 0.3) is 17.7 Å². The molecule has 52 heavy (non-hydrogen) atoms. The number of ether oxygens (including phenoxy) is 1. The first-order valence-corrected chi connectivity index (χ1v) is 17.1. The lowest BCUT2D eigenvalue weighted by Gasteiger charge is -2.48. The highest BCUT2D eigenvalue weighted by Gasteiger charge is 2.45. The van der Waals surface area contributed by atoms with Crippen LogP contribution in [-0.2, 0) is 9.59 Å². The van der Waals surface area contributed by atoms with Crippen molar-refractivity contribution in [1.82, 2.24) is 29.7 Å². The molecule has 16 nitrogen and oxygen atoms in total. The van der Waals surface area contributed by atoms with Crippen molar-refractivity contribution in [1.29, 1.82) is 0 Å². The van der Waals surface area contributed by atoms with Gasteiger partial charge in [0.1, 0.15) is 17.4 Å². The van der Waals surface area contributed by atoms with Crippen molar-refractivity contribution in [2.45, 2.75) is 43.8 Å². The molecule has 8 rings (SSSR count). The predicted octanol–water partition coefficient (Wildman–Crippen LogP) is 1.75. The quantitative estimate of drug-likeness (QED) is 0.137. The van der Waals surface area contributed by atoms with Gasteiger partial charge in [-0.3, -0.25) is 44.1 Å². The first-order chi connectivity index (χ1) is 25.2. The van der Waals surface area contributed by atoms with Crippen molar-refractivity contribution >= 4 is 58.5 Å². The van der Waals surface area contributed by atoms with Crippen molar-refractivity contribution in [2.24, 2.45) is 4.99 Å². The van der Waals surface area contributed by atoms with Gasteiger partial charge in [0.2, 0.25) is 11.8 Å². The maximum absolute atomic E-state index is 13.3. The van der Waals surface area contributed by atoms with Crippen molar-refractivity contribution in [2.75, 3.05) is 49.2 Å². The summed E-state index contributed by atoms with van der Waals surface area (Å²) in [4.78, 5) is 78.2. The van der Waals surface area contributed by atoms with E-state index in [0.29, 0.717) is 39.9 Å². The fourth-order valence-corrected chi connectivity index (χ4v) is 7.31. The summed E-state index contributed by atoms with van der Waals surface area (Å²) >= 11 is 0. The van der Waals surface area contributed by atoms with E-state index in [1.54, 1.807) is 48.9 Å². The number of hydrogen-bond acceptors (Lipinski definition) is 12. The molecule has 1 unspecified atom stereocenters. The van der Waals surface area contributed by atoms with E-state index in [-0.39, 0.29) is 35.9 Å². The molecule has 0 aliphatic carbocycles. The lowest BCUT2D eigenvalue weighted by atomic mass is 9.98. The minimum atomic E-state index is -0.985. The molecule has 0 bridgehead atoms. The molecule has 266 valence electrons. The maximum Gasteiger partial charge on any atom is 0.262 e. The van der Waals surface area contributed by atoms with E-state index in [0.717, 1.165) is 49.6 Å². The lowest BCUT2D eigenvalue weighted by molar-refractivity contribution is -0.136. The second kappa shape index (κ2) is 13.2. The third kappa shape index (κ3) is 5.89. The number of hydrogen-bond donors (Lipinski definition) is 3. The largest absolute Gasteiger partial charge is 0.494 e. The van der Waals surface area contributed by atoms with Gasteiger partial charge in [-0.05, 0) is 49.6 Å². The molecule has 4 aliphatic heterocycles. The number of nitrogen functional groups attached to an aromatic ring is 1. The third-order valence-electron chi connectivity index (χ3n) is 10.3. The molecule has 2 aromatic heterocycles. The van der Waals surface area contributed by atoms with Crippen molar-refractivity contribution in [3.05, 3.63) is 77.2 Å². The number of rotatable bonds is 8. The molecule has 2 aromatic carbocycles. The number of nitrogens with one attached hydrogen (secondary N) is 2. The molecular weight excluding hydrogens is 668 g/mol. The Balaban J connectivity index is 0.859. The van der Waals surface area contributed by atoms with Crippen LogP contribution in [0.2, 0.25) is 0 Å². The molecule has 0 spiro atoms. The average Bonchev–Trinajstić information content (AvgIpc) is 3.66. The van der Waals surface area contributed by atoms with Crippen LogP contribution in [0.25, 0.3) is 5.65 Å². The van der Waals surface area contributed by atoms with E-state index in [2.05, 4.69) is 30.5 Å². The average molecular weight is 705 g/mol. The minimum Gasteiger partial charge on any atom is -0.494 e. The van der Waals surface area contributed by atoms with Crippen LogP contribution in [0.1, 0.15) is 62.3 Å². The summed E-state index contributed by atoms with van der Waals surface area (Å²) in [5.74, 6) is -1.99. The summed E-state index contributed by atoms with van der Waals surface area (Å²) in [5, 5.41) is 9.32. The molecule has 4 aliphatic rings. The molecule has 4 N–H and O–H groups in total. The normalized spacial score (nSPS) is 20.1. The highest BCUT2D eigenvalue weighted by molar-refractivity contribution is 6.23. The van der Waals surface area contributed by atoms with Crippen LogP contribution in [0, 0.1) is 0 Å². The Kier molecular flexibility index (Phi) is 8.37. The summed E-state index contributed by atoms with van der Waals surface area (Å²) < 4.78 is 7.02. The Morgan fingerprint density at radius 1 is 1.06 bits per heavy atom. The maximum atomic E-state index is 13.3. The molecule has 4 aromatic rings. The molecule has 1 atom stereocenters. The second-order valence-corrected chi connectivity index (χ2v) is 13.4. The number of nitrogens with zero attached hydrogens (tertiary/aromatic N) is 7. The summed E-state index contributed by atoms with van der Waals surface area (Å²) in [7, 11) is 1.51. The van der Waals surface area contributed by atoms with Gasteiger partial charge in [-0.15, -0.1) is 0 Å². The van der Waals surface area contributed by atoms with Crippen LogP contribution in [0.3, 0.4) is 0 Å². The predicted molar refractivity (Wildman–Crippen MR) is 190 cm³/mol. The van der Waals surface area contributed by atoms with Gasteiger partial charge in [0.15, 0.2) is 5.65 Å². The first-order valence-electron chi connectivity index (χ1n) is 17.1. The lowest BCUT2D eigenvalue weighted by Crippen LogP contribution is -2.61. The van der Waals surface area contributed by atoms with E-state index in [1.165, 1.54) is 17.8 Å². The molecule has 16 heteroatoms. The highest BCUT2D eigenvalue weighted by atomic mass is 16.5. The molecular formula is C36H36N10O6. The number of nitrogens with two attached hydrogens (primary N) is 1. The van der Waals surface area contributed by atoms with E-state index < -0.39 is 29.7 Å². The number of amides is 5. The van der Waals surface area contributed by atoms with Crippen molar-refractivity contribution in [3.63, 3.8) is 0 Å². The smallest absolute Gasteiger partial charge is 0.262 e. The van der Waals surface area contributed by atoms with Crippen LogP contribution in [0.15, 0.2) is 60.0 Å². The zero-order valence-corrected chi connectivity index (χ0v) is 28.3. The number of benzene rings is 2. The monoisotopic (exact) mass is 704 g/mol. The number of methoxy groups -OCH3 is 1. The van der Waals surface area contributed by atoms with Crippen LogP contribution < -0.4 is 26.0 Å².